The predicted molar refractivity (Wildman–Crippen MR) is 115 cm³/mol. The summed E-state index contributed by atoms with van der Waals surface area (Å²) in [4.78, 5) is 24.0. The molecule has 0 spiro atoms. The van der Waals surface area contributed by atoms with Gasteiger partial charge in [-0.1, -0.05) is 36.4 Å². The molecule has 0 fully saturated rings. The van der Waals surface area contributed by atoms with Gasteiger partial charge in [0.15, 0.2) is 5.82 Å². The highest BCUT2D eigenvalue weighted by Crippen LogP contribution is 2.33. The van der Waals surface area contributed by atoms with Crippen LogP contribution < -0.4 is 13.8 Å². The van der Waals surface area contributed by atoms with E-state index in [-0.39, 0.29) is 12.4 Å². The molecular weight excluding hydrogens is 443 g/mol. The van der Waals surface area contributed by atoms with E-state index in [1.54, 1.807) is 29.0 Å². The first-order valence-electron chi connectivity index (χ1n) is 9.48. The first-order chi connectivity index (χ1) is 14.9. The van der Waals surface area contributed by atoms with Gasteiger partial charge in [0, 0.05) is 0 Å². The normalized spacial score (nSPS) is 11.4. The monoisotopic (exact) mass is 468 g/mol. The average molecular weight is 469 g/mol. The zero-order chi connectivity index (χ0) is 23.9. The SMILES string of the molecule is COC(=O)CN(c1c(F)cccc1OCc1ccccc1)S(=O)(=O)NC(=O)OC(C)(C)C. The Kier molecular flexibility index (Phi) is 8.03. The van der Waals surface area contributed by atoms with E-state index in [1.807, 2.05) is 6.07 Å². The highest BCUT2D eigenvalue weighted by Gasteiger charge is 2.33. The average Bonchev–Trinajstić information content (AvgIpc) is 2.69. The molecule has 9 nitrogen and oxygen atoms in total. The van der Waals surface area contributed by atoms with Gasteiger partial charge in [0.05, 0.1) is 7.11 Å². The Morgan fingerprint density at radius 2 is 1.72 bits per heavy atom. The number of para-hydroxylation sites is 1. The minimum atomic E-state index is -4.79. The van der Waals surface area contributed by atoms with Gasteiger partial charge >= 0.3 is 22.3 Å². The fraction of sp³-hybridized carbons (Fsp3) is 0.333. The van der Waals surface area contributed by atoms with Gasteiger partial charge in [0.2, 0.25) is 0 Å². The molecule has 0 atom stereocenters. The van der Waals surface area contributed by atoms with Crippen LogP contribution in [0.5, 0.6) is 5.75 Å². The molecule has 174 valence electrons. The number of amides is 1. The Hall–Kier alpha value is -3.34. The molecule has 0 saturated carbocycles. The van der Waals surface area contributed by atoms with E-state index in [2.05, 4.69) is 4.74 Å². The third kappa shape index (κ3) is 7.12. The second-order valence-electron chi connectivity index (χ2n) is 7.55. The lowest BCUT2D eigenvalue weighted by Gasteiger charge is -2.26. The maximum atomic E-state index is 14.8. The number of halogens is 1. The van der Waals surface area contributed by atoms with Crippen molar-refractivity contribution in [2.45, 2.75) is 33.0 Å². The molecule has 2 aromatic rings. The molecule has 0 bridgehead atoms. The van der Waals surface area contributed by atoms with E-state index in [0.717, 1.165) is 18.7 Å². The van der Waals surface area contributed by atoms with Crippen molar-refractivity contribution in [2.75, 3.05) is 18.0 Å². The summed E-state index contributed by atoms with van der Waals surface area (Å²) in [6, 6.07) is 12.6. The van der Waals surface area contributed by atoms with Crippen LogP contribution in [0, 0.1) is 5.82 Å². The van der Waals surface area contributed by atoms with Crippen molar-refractivity contribution in [1.82, 2.24) is 4.72 Å². The van der Waals surface area contributed by atoms with Gasteiger partial charge in [0.1, 0.15) is 30.2 Å². The van der Waals surface area contributed by atoms with Crippen molar-refractivity contribution in [3.05, 3.63) is 59.9 Å². The first-order valence-corrected chi connectivity index (χ1v) is 10.9. The van der Waals surface area contributed by atoms with E-state index in [0.29, 0.717) is 4.31 Å². The Balaban J connectivity index is 2.43. The van der Waals surface area contributed by atoms with Crippen LogP contribution in [-0.4, -0.2) is 39.7 Å². The van der Waals surface area contributed by atoms with Crippen LogP contribution in [0.2, 0.25) is 0 Å². The van der Waals surface area contributed by atoms with Crippen molar-refractivity contribution in [1.29, 1.82) is 0 Å². The summed E-state index contributed by atoms with van der Waals surface area (Å²) in [5.41, 5.74) is -0.809. The number of hydrogen-bond acceptors (Lipinski definition) is 7. The van der Waals surface area contributed by atoms with E-state index < -0.39 is 45.9 Å². The van der Waals surface area contributed by atoms with Gasteiger partial charge in [-0.2, -0.15) is 8.42 Å². The second kappa shape index (κ2) is 10.3. The Morgan fingerprint density at radius 1 is 1.06 bits per heavy atom. The molecule has 0 aliphatic heterocycles. The smallest absolute Gasteiger partial charge is 0.422 e. The fourth-order valence-corrected chi connectivity index (χ4v) is 3.57. The standard InChI is InChI=1S/C21H25FN2O7S/c1-21(2,3)31-20(26)23-32(27,28)24(13-18(25)29-4)19-16(22)11-8-12-17(19)30-14-15-9-6-5-7-10-15/h5-12H,13-14H2,1-4H3,(H,23,26). The van der Waals surface area contributed by atoms with Crippen LogP contribution in [0.25, 0.3) is 0 Å². The van der Waals surface area contributed by atoms with Gasteiger partial charge in [-0.05, 0) is 38.5 Å². The number of benzene rings is 2. The summed E-state index contributed by atoms with van der Waals surface area (Å²) >= 11 is 0. The number of nitrogens with zero attached hydrogens (tertiary/aromatic N) is 1. The summed E-state index contributed by atoms with van der Waals surface area (Å²) in [7, 11) is -3.75. The van der Waals surface area contributed by atoms with Crippen molar-refractivity contribution >= 4 is 28.0 Å². The van der Waals surface area contributed by atoms with Crippen LogP contribution in [0.4, 0.5) is 14.9 Å². The lowest BCUT2D eigenvalue weighted by atomic mass is 10.2. The van der Waals surface area contributed by atoms with Crippen LogP contribution in [0.15, 0.2) is 48.5 Å². The molecule has 1 N–H and O–H groups in total. The minimum absolute atomic E-state index is 0.00288. The highest BCUT2D eigenvalue weighted by atomic mass is 32.2. The number of nitrogens with one attached hydrogen (secondary N) is 1. The lowest BCUT2D eigenvalue weighted by Crippen LogP contribution is -2.47. The van der Waals surface area contributed by atoms with Crippen molar-refractivity contribution < 1.29 is 36.6 Å². The fourth-order valence-electron chi connectivity index (χ4n) is 2.51. The summed E-state index contributed by atoms with van der Waals surface area (Å²) in [6.45, 7) is 3.70. The van der Waals surface area contributed by atoms with Gasteiger partial charge < -0.3 is 14.2 Å². The number of hydrogen-bond donors (Lipinski definition) is 1. The Labute approximate surface area is 186 Å². The van der Waals surface area contributed by atoms with E-state index in [9.17, 15) is 22.4 Å². The van der Waals surface area contributed by atoms with Crippen LogP contribution in [0.1, 0.15) is 26.3 Å². The van der Waals surface area contributed by atoms with Gasteiger partial charge in [0.25, 0.3) is 0 Å². The molecule has 0 aliphatic carbocycles. The van der Waals surface area contributed by atoms with Crippen LogP contribution in [-0.2, 0) is 31.1 Å². The van der Waals surface area contributed by atoms with Gasteiger partial charge in [-0.15, -0.1) is 0 Å². The molecular formula is C21H25FN2O7S. The number of rotatable bonds is 8. The van der Waals surface area contributed by atoms with Crippen molar-refractivity contribution in [2.24, 2.45) is 0 Å². The second-order valence-corrected chi connectivity index (χ2v) is 9.15. The quantitative estimate of drug-likeness (QED) is 0.593. The highest BCUT2D eigenvalue weighted by molar-refractivity contribution is 7.91. The molecule has 1 amide bonds. The molecule has 0 aliphatic rings. The first kappa shape index (κ1) is 24.9. The van der Waals surface area contributed by atoms with Crippen molar-refractivity contribution in [3.8, 4) is 5.75 Å². The summed E-state index contributed by atoms with van der Waals surface area (Å²) in [6.07, 6.45) is -1.30. The topological polar surface area (TPSA) is 111 Å². The Bertz CT molecular complexity index is 1050. The van der Waals surface area contributed by atoms with Crippen LogP contribution in [0.3, 0.4) is 0 Å². The maximum Gasteiger partial charge on any atom is 0.422 e. The van der Waals surface area contributed by atoms with Gasteiger partial charge in [-0.25, -0.2) is 18.2 Å². The maximum absolute atomic E-state index is 14.8. The molecule has 2 rings (SSSR count). The van der Waals surface area contributed by atoms with E-state index in [4.69, 9.17) is 9.47 Å². The number of anilines is 1. The zero-order valence-corrected chi connectivity index (χ0v) is 18.9. The number of esters is 1. The predicted octanol–water partition coefficient (Wildman–Crippen LogP) is 3.15. The Morgan fingerprint density at radius 3 is 2.31 bits per heavy atom. The largest absolute Gasteiger partial charge is 0.487 e. The zero-order valence-electron chi connectivity index (χ0n) is 18.1. The van der Waals surface area contributed by atoms with Gasteiger partial charge in [-0.3, -0.25) is 4.79 Å². The molecule has 0 radical (unpaired) electrons. The molecule has 32 heavy (non-hydrogen) atoms. The number of carbonyl (C=O) groups excluding carboxylic acids is 2. The third-order valence-corrected chi connectivity index (χ3v) is 5.15. The lowest BCUT2D eigenvalue weighted by molar-refractivity contribution is -0.138. The summed E-state index contributed by atoms with van der Waals surface area (Å²) in [5, 5.41) is 0. The number of methoxy groups -OCH3 is 1. The molecule has 11 heteroatoms. The van der Waals surface area contributed by atoms with E-state index >= 15 is 0 Å². The van der Waals surface area contributed by atoms with E-state index in [1.165, 1.54) is 32.9 Å². The third-order valence-electron chi connectivity index (χ3n) is 3.84. The molecule has 0 saturated heterocycles. The van der Waals surface area contributed by atoms with Crippen LogP contribution >= 0.6 is 0 Å². The molecule has 0 unspecified atom stereocenters. The number of ether oxygens (including phenoxy) is 3. The summed E-state index contributed by atoms with van der Waals surface area (Å²) in [5.74, 6) is -2.14. The van der Waals surface area contributed by atoms with Crippen molar-refractivity contribution in [3.63, 3.8) is 0 Å². The summed E-state index contributed by atoms with van der Waals surface area (Å²) < 4.78 is 57.9. The molecule has 2 aromatic carbocycles. The molecule has 0 heterocycles. The number of carbonyl (C=O) groups is 2. The minimum Gasteiger partial charge on any atom is -0.487 e. The molecule has 0 aromatic heterocycles.